The SMILES string of the molecule is CCNC(=O)Cn1c(C(C)Cl)nc2ccccc21. The van der Waals surface area contributed by atoms with Crippen molar-refractivity contribution in [2.75, 3.05) is 6.54 Å². The number of carbonyl (C=O) groups is 1. The summed E-state index contributed by atoms with van der Waals surface area (Å²) >= 11 is 6.13. The minimum Gasteiger partial charge on any atom is -0.355 e. The van der Waals surface area contributed by atoms with Crippen molar-refractivity contribution in [2.24, 2.45) is 0 Å². The van der Waals surface area contributed by atoms with Crippen molar-refractivity contribution in [3.63, 3.8) is 0 Å². The van der Waals surface area contributed by atoms with Crippen molar-refractivity contribution < 1.29 is 4.79 Å². The number of likely N-dealkylation sites (N-methyl/N-ethyl adjacent to an activating group) is 1. The van der Waals surface area contributed by atoms with Crippen molar-refractivity contribution in [3.05, 3.63) is 30.1 Å². The van der Waals surface area contributed by atoms with Crippen LogP contribution in [-0.2, 0) is 11.3 Å². The first kappa shape index (κ1) is 12.9. The minimum atomic E-state index is -0.230. The molecule has 1 heterocycles. The fourth-order valence-electron chi connectivity index (χ4n) is 1.96. The Bertz CT molecular complexity index is 562. The van der Waals surface area contributed by atoms with E-state index in [1.54, 1.807) is 0 Å². The molecule has 18 heavy (non-hydrogen) atoms. The second-order valence-electron chi connectivity index (χ2n) is 4.11. The Hall–Kier alpha value is -1.55. The molecule has 0 aliphatic carbocycles. The predicted octanol–water partition coefficient (Wildman–Crippen LogP) is 2.47. The molecule has 1 amide bonds. The van der Waals surface area contributed by atoms with Gasteiger partial charge in [-0.2, -0.15) is 0 Å². The summed E-state index contributed by atoms with van der Waals surface area (Å²) in [6, 6.07) is 7.73. The summed E-state index contributed by atoms with van der Waals surface area (Å²) in [5, 5.41) is 2.55. The van der Waals surface area contributed by atoms with E-state index in [4.69, 9.17) is 11.6 Å². The van der Waals surface area contributed by atoms with E-state index < -0.39 is 0 Å². The van der Waals surface area contributed by atoms with E-state index in [9.17, 15) is 4.79 Å². The maximum absolute atomic E-state index is 11.7. The van der Waals surface area contributed by atoms with Gasteiger partial charge in [0.2, 0.25) is 5.91 Å². The van der Waals surface area contributed by atoms with E-state index in [-0.39, 0.29) is 17.8 Å². The van der Waals surface area contributed by atoms with Gasteiger partial charge in [-0.1, -0.05) is 12.1 Å². The number of carbonyl (C=O) groups excluding carboxylic acids is 1. The van der Waals surface area contributed by atoms with Crippen molar-refractivity contribution in [1.82, 2.24) is 14.9 Å². The van der Waals surface area contributed by atoms with Crippen LogP contribution in [0, 0.1) is 0 Å². The monoisotopic (exact) mass is 265 g/mol. The molecule has 4 nitrogen and oxygen atoms in total. The number of alkyl halides is 1. The second-order valence-corrected chi connectivity index (χ2v) is 4.77. The summed E-state index contributed by atoms with van der Waals surface area (Å²) in [5.41, 5.74) is 1.80. The van der Waals surface area contributed by atoms with E-state index >= 15 is 0 Å². The van der Waals surface area contributed by atoms with Crippen molar-refractivity contribution in [3.8, 4) is 0 Å². The highest BCUT2D eigenvalue weighted by Gasteiger charge is 2.16. The quantitative estimate of drug-likeness (QED) is 0.864. The third-order valence-corrected chi connectivity index (χ3v) is 2.91. The van der Waals surface area contributed by atoms with Crippen LogP contribution in [0.2, 0.25) is 0 Å². The third-order valence-electron chi connectivity index (χ3n) is 2.72. The van der Waals surface area contributed by atoms with E-state index in [1.165, 1.54) is 0 Å². The zero-order chi connectivity index (χ0) is 13.1. The van der Waals surface area contributed by atoms with E-state index in [1.807, 2.05) is 42.7 Å². The summed E-state index contributed by atoms with van der Waals surface area (Å²) in [6.07, 6.45) is 0. The maximum Gasteiger partial charge on any atom is 0.239 e. The lowest BCUT2D eigenvalue weighted by Crippen LogP contribution is -2.27. The third kappa shape index (κ3) is 2.48. The van der Waals surface area contributed by atoms with Gasteiger partial charge in [0.25, 0.3) is 0 Å². The Morgan fingerprint density at radius 3 is 2.89 bits per heavy atom. The van der Waals surface area contributed by atoms with Crippen molar-refractivity contribution in [2.45, 2.75) is 25.8 Å². The van der Waals surface area contributed by atoms with Gasteiger partial charge in [0.05, 0.1) is 16.4 Å². The van der Waals surface area contributed by atoms with Gasteiger partial charge in [0, 0.05) is 6.54 Å². The standard InChI is InChI=1S/C13H16ClN3O/c1-3-15-12(18)8-17-11-7-5-4-6-10(11)16-13(17)9(2)14/h4-7,9H,3,8H2,1-2H3,(H,15,18). The van der Waals surface area contributed by atoms with Crippen LogP contribution in [0.4, 0.5) is 0 Å². The molecule has 96 valence electrons. The van der Waals surface area contributed by atoms with Gasteiger partial charge >= 0.3 is 0 Å². The smallest absolute Gasteiger partial charge is 0.239 e. The Kier molecular flexibility index (Phi) is 3.87. The Labute approximate surface area is 111 Å². The van der Waals surface area contributed by atoms with Crippen LogP contribution in [0.5, 0.6) is 0 Å². The van der Waals surface area contributed by atoms with Gasteiger partial charge in [0.15, 0.2) is 0 Å². The molecule has 0 aliphatic rings. The lowest BCUT2D eigenvalue weighted by molar-refractivity contribution is -0.121. The molecule has 0 radical (unpaired) electrons. The average Bonchev–Trinajstić information content (AvgIpc) is 2.69. The molecule has 2 aromatic rings. The summed E-state index contributed by atoms with van der Waals surface area (Å²) < 4.78 is 1.87. The highest BCUT2D eigenvalue weighted by atomic mass is 35.5. The first-order valence-corrected chi connectivity index (χ1v) is 6.43. The topological polar surface area (TPSA) is 46.9 Å². The highest BCUT2D eigenvalue weighted by Crippen LogP contribution is 2.24. The number of amides is 1. The largest absolute Gasteiger partial charge is 0.355 e. The molecular formula is C13H16ClN3O. The lowest BCUT2D eigenvalue weighted by atomic mass is 10.3. The van der Waals surface area contributed by atoms with Gasteiger partial charge < -0.3 is 9.88 Å². The number of imidazole rings is 1. The predicted molar refractivity (Wildman–Crippen MR) is 72.7 cm³/mol. The number of fused-ring (bicyclic) bond motifs is 1. The number of nitrogens with one attached hydrogen (secondary N) is 1. The number of nitrogens with zero attached hydrogens (tertiary/aromatic N) is 2. The van der Waals surface area contributed by atoms with Crippen LogP contribution in [0.25, 0.3) is 11.0 Å². The first-order valence-electron chi connectivity index (χ1n) is 5.99. The van der Waals surface area contributed by atoms with Gasteiger partial charge in [-0.15, -0.1) is 11.6 Å². The summed E-state index contributed by atoms with van der Waals surface area (Å²) in [5.74, 6) is 0.698. The molecule has 0 bridgehead atoms. The normalized spacial score (nSPS) is 12.6. The summed E-state index contributed by atoms with van der Waals surface area (Å²) in [7, 11) is 0. The number of para-hydroxylation sites is 2. The maximum atomic E-state index is 11.7. The zero-order valence-corrected chi connectivity index (χ0v) is 11.2. The average molecular weight is 266 g/mol. The molecule has 0 fully saturated rings. The number of hydrogen-bond donors (Lipinski definition) is 1. The van der Waals surface area contributed by atoms with Crippen LogP contribution < -0.4 is 5.32 Å². The molecular weight excluding hydrogens is 250 g/mol. The molecule has 5 heteroatoms. The zero-order valence-electron chi connectivity index (χ0n) is 10.5. The number of rotatable bonds is 4. The number of aromatic nitrogens is 2. The molecule has 1 aromatic carbocycles. The van der Waals surface area contributed by atoms with E-state index in [2.05, 4.69) is 10.3 Å². The van der Waals surface area contributed by atoms with Crippen LogP contribution in [0.15, 0.2) is 24.3 Å². The Balaban J connectivity index is 2.45. The van der Waals surface area contributed by atoms with Crippen molar-refractivity contribution in [1.29, 1.82) is 0 Å². The summed E-state index contributed by atoms with van der Waals surface area (Å²) in [6.45, 7) is 4.63. The fourth-order valence-corrected chi connectivity index (χ4v) is 2.13. The lowest BCUT2D eigenvalue weighted by Gasteiger charge is -2.10. The Morgan fingerprint density at radius 2 is 2.22 bits per heavy atom. The van der Waals surface area contributed by atoms with Crippen LogP contribution >= 0.6 is 11.6 Å². The van der Waals surface area contributed by atoms with Crippen LogP contribution in [0.1, 0.15) is 25.0 Å². The molecule has 1 unspecified atom stereocenters. The molecule has 1 N–H and O–H groups in total. The number of halogens is 1. The first-order chi connectivity index (χ1) is 8.63. The van der Waals surface area contributed by atoms with Crippen LogP contribution in [0.3, 0.4) is 0 Å². The molecule has 2 rings (SSSR count). The molecule has 0 saturated heterocycles. The van der Waals surface area contributed by atoms with E-state index in [0.717, 1.165) is 16.9 Å². The van der Waals surface area contributed by atoms with Gasteiger partial charge in [-0.05, 0) is 26.0 Å². The number of benzene rings is 1. The fraction of sp³-hybridized carbons (Fsp3) is 0.385. The second kappa shape index (κ2) is 5.40. The molecule has 1 aromatic heterocycles. The van der Waals surface area contributed by atoms with Gasteiger partial charge in [-0.3, -0.25) is 4.79 Å². The minimum absolute atomic E-state index is 0.0285. The molecule has 1 atom stereocenters. The van der Waals surface area contributed by atoms with Crippen LogP contribution in [-0.4, -0.2) is 22.0 Å². The highest BCUT2D eigenvalue weighted by molar-refractivity contribution is 6.20. The number of hydrogen-bond acceptors (Lipinski definition) is 2. The van der Waals surface area contributed by atoms with Gasteiger partial charge in [0.1, 0.15) is 12.4 Å². The molecule has 0 saturated carbocycles. The summed E-state index contributed by atoms with van der Waals surface area (Å²) in [4.78, 5) is 16.2. The molecule has 0 spiro atoms. The van der Waals surface area contributed by atoms with Gasteiger partial charge in [-0.25, -0.2) is 4.98 Å². The Morgan fingerprint density at radius 1 is 1.50 bits per heavy atom. The van der Waals surface area contributed by atoms with Crippen molar-refractivity contribution >= 4 is 28.5 Å². The van der Waals surface area contributed by atoms with E-state index in [0.29, 0.717) is 6.54 Å². The molecule has 0 aliphatic heterocycles.